The summed E-state index contributed by atoms with van der Waals surface area (Å²) in [6.45, 7) is 4.65. The molecule has 0 heterocycles. The fraction of sp³-hybridized carbons (Fsp3) is 0.727. The maximum absolute atomic E-state index is 11.0. The molecule has 88 valence electrons. The summed E-state index contributed by atoms with van der Waals surface area (Å²) in [6, 6.07) is 0.346. The third-order valence-corrected chi connectivity index (χ3v) is 2.18. The number of rotatable bonds is 7. The standard InChI is InChI=1S/C11H21NO3/c1-9(11(14)15-3)6-7-12-10(2)5-4-8-13/h6,10,12-13H,4-5,7-8H2,1-3H3. The van der Waals surface area contributed by atoms with E-state index in [4.69, 9.17) is 5.11 Å². The minimum absolute atomic E-state index is 0.225. The molecule has 0 saturated heterocycles. The number of hydrogen-bond acceptors (Lipinski definition) is 4. The summed E-state index contributed by atoms with van der Waals surface area (Å²) in [7, 11) is 1.37. The van der Waals surface area contributed by atoms with Crippen molar-refractivity contribution in [1.82, 2.24) is 5.32 Å². The van der Waals surface area contributed by atoms with Crippen LogP contribution in [0.2, 0.25) is 0 Å². The van der Waals surface area contributed by atoms with E-state index in [9.17, 15) is 4.79 Å². The van der Waals surface area contributed by atoms with E-state index in [-0.39, 0.29) is 12.6 Å². The van der Waals surface area contributed by atoms with Crippen LogP contribution in [0.4, 0.5) is 0 Å². The molecule has 0 rings (SSSR count). The van der Waals surface area contributed by atoms with Crippen molar-refractivity contribution in [3.05, 3.63) is 11.6 Å². The third-order valence-electron chi connectivity index (χ3n) is 2.18. The van der Waals surface area contributed by atoms with Crippen LogP contribution in [0.5, 0.6) is 0 Å². The quantitative estimate of drug-likeness (QED) is 0.488. The van der Waals surface area contributed by atoms with Gasteiger partial charge in [-0.15, -0.1) is 0 Å². The van der Waals surface area contributed by atoms with Crippen LogP contribution in [-0.2, 0) is 9.53 Å². The number of nitrogens with one attached hydrogen (secondary N) is 1. The highest BCUT2D eigenvalue weighted by atomic mass is 16.5. The topological polar surface area (TPSA) is 58.6 Å². The van der Waals surface area contributed by atoms with Gasteiger partial charge in [0, 0.05) is 24.8 Å². The predicted molar refractivity (Wildman–Crippen MR) is 59.6 cm³/mol. The minimum atomic E-state index is -0.292. The number of carbonyl (C=O) groups excluding carboxylic acids is 1. The molecular formula is C11H21NO3. The second-order valence-corrected chi connectivity index (χ2v) is 3.55. The molecule has 0 aliphatic rings. The molecule has 0 amide bonds. The van der Waals surface area contributed by atoms with Gasteiger partial charge in [0.1, 0.15) is 0 Å². The van der Waals surface area contributed by atoms with E-state index in [0.717, 1.165) is 12.8 Å². The molecule has 0 saturated carbocycles. The van der Waals surface area contributed by atoms with E-state index in [1.807, 2.05) is 0 Å². The normalized spacial score (nSPS) is 13.7. The highest BCUT2D eigenvalue weighted by molar-refractivity contribution is 5.87. The second kappa shape index (κ2) is 8.44. The number of aliphatic hydroxyl groups excluding tert-OH is 1. The molecule has 15 heavy (non-hydrogen) atoms. The van der Waals surface area contributed by atoms with E-state index >= 15 is 0 Å². The average molecular weight is 215 g/mol. The number of ether oxygens (including phenoxy) is 1. The highest BCUT2D eigenvalue weighted by Crippen LogP contribution is 1.97. The summed E-state index contributed by atoms with van der Waals surface area (Å²) in [6.07, 6.45) is 3.54. The number of esters is 1. The molecule has 0 aliphatic heterocycles. The summed E-state index contributed by atoms with van der Waals surface area (Å²) in [5, 5.41) is 11.9. The number of aliphatic hydroxyl groups is 1. The first-order valence-corrected chi connectivity index (χ1v) is 5.21. The van der Waals surface area contributed by atoms with Gasteiger partial charge in [0.05, 0.1) is 7.11 Å². The van der Waals surface area contributed by atoms with Crippen molar-refractivity contribution in [2.45, 2.75) is 32.7 Å². The molecule has 0 aromatic heterocycles. The van der Waals surface area contributed by atoms with Gasteiger partial charge in [-0.25, -0.2) is 4.79 Å². The molecular weight excluding hydrogens is 194 g/mol. The van der Waals surface area contributed by atoms with E-state index in [0.29, 0.717) is 18.2 Å². The smallest absolute Gasteiger partial charge is 0.333 e. The first kappa shape index (κ1) is 14.1. The monoisotopic (exact) mass is 215 g/mol. The molecule has 0 bridgehead atoms. The van der Waals surface area contributed by atoms with Crippen LogP contribution < -0.4 is 5.32 Å². The lowest BCUT2D eigenvalue weighted by Crippen LogP contribution is -2.26. The van der Waals surface area contributed by atoms with Gasteiger partial charge < -0.3 is 15.2 Å². The molecule has 1 atom stereocenters. The van der Waals surface area contributed by atoms with E-state index in [1.165, 1.54) is 7.11 Å². The first-order valence-electron chi connectivity index (χ1n) is 5.21. The highest BCUT2D eigenvalue weighted by Gasteiger charge is 2.02. The van der Waals surface area contributed by atoms with E-state index in [1.54, 1.807) is 13.0 Å². The Bertz CT molecular complexity index is 214. The molecule has 0 aliphatic carbocycles. The summed E-state index contributed by atoms with van der Waals surface area (Å²) in [5.41, 5.74) is 0.611. The lowest BCUT2D eigenvalue weighted by Gasteiger charge is -2.11. The Labute approximate surface area is 91.3 Å². The zero-order valence-electron chi connectivity index (χ0n) is 9.75. The van der Waals surface area contributed by atoms with Crippen molar-refractivity contribution in [1.29, 1.82) is 0 Å². The molecule has 0 radical (unpaired) electrons. The number of hydrogen-bond donors (Lipinski definition) is 2. The molecule has 4 heteroatoms. The summed E-state index contributed by atoms with van der Waals surface area (Å²) in [5.74, 6) is -0.292. The Hall–Kier alpha value is -0.870. The van der Waals surface area contributed by atoms with Crippen molar-refractivity contribution in [2.24, 2.45) is 0 Å². The third kappa shape index (κ3) is 7.11. The SMILES string of the molecule is COC(=O)C(C)=CCNC(C)CCCO. The molecule has 0 aromatic carbocycles. The van der Waals surface area contributed by atoms with Gasteiger partial charge in [-0.05, 0) is 26.7 Å². The van der Waals surface area contributed by atoms with Crippen molar-refractivity contribution in [3.8, 4) is 0 Å². The van der Waals surface area contributed by atoms with Crippen LogP contribution >= 0.6 is 0 Å². The van der Waals surface area contributed by atoms with Crippen molar-refractivity contribution in [2.75, 3.05) is 20.3 Å². The number of carbonyl (C=O) groups is 1. The largest absolute Gasteiger partial charge is 0.466 e. The van der Waals surface area contributed by atoms with E-state index < -0.39 is 0 Å². The summed E-state index contributed by atoms with van der Waals surface area (Å²) in [4.78, 5) is 11.0. The average Bonchev–Trinajstić information content (AvgIpc) is 2.24. The molecule has 0 aromatic rings. The van der Waals surface area contributed by atoms with Crippen LogP contribution in [0.25, 0.3) is 0 Å². The molecule has 2 N–H and O–H groups in total. The van der Waals surface area contributed by atoms with Gasteiger partial charge in [-0.1, -0.05) is 6.08 Å². The summed E-state index contributed by atoms with van der Waals surface area (Å²) < 4.78 is 4.57. The zero-order chi connectivity index (χ0) is 11.7. The van der Waals surface area contributed by atoms with Crippen molar-refractivity contribution >= 4 is 5.97 Å². The second-order valence-electron chi connectivity index (χ2n) is 3.55. The van der Waals surface area contributed by atoms with Crippen molar-refractivity contribution in [3.63, 3.8) is 0 Å². The molecule has 0 fully saturated rings. The fourth-order valence-electron chi connectivity index (χ4n) is 1.16. The first-order chi connectivity index (χ1) is 7.11. The Morgan fingerprint density at radius 3 is 2.80 bits per heavy atom. The van der Waals surface area contributed by atoms with Gasteiger partial charge in [0.25, 0.3) is 0 Å². The molecule has 1 unspecified atom stereocenters. The van der Waals surface area contributed by atoms with Crippen LogP contribution in [0.1, 0.15) is 26.7 Å². The van der Waals surface area contributed by atoms with E-state index in [2.05, 4.69) is 17.0 Å². The van der Waals surface area contributed by atoms with Gasteiger partial charge in [0.15, 0.2) is 0 Å². The van der Waals surface area contributed by atoms with Crippen LogP contribution in [0.3, 0.4) is 0 Å². The Morgan fingerprint density at radius 2 is 2.27 bits per heavy atom. The maximum atomic E-state index is 11.0. The van der Waals surface area contributed by atoms with Gasteiger partial charge in [0.2, 0.25) is 0 Å². The number of methoxy groups -OCH3 is 1. The summed E-state index contributed by atoms with van der Waals surface area (Å²) >= 11 is 0. The molecule has 4 nitrogen and oxygen atoms in total. The predicted octanol–water partition coefficient (Wildman–Crippen LogP) is 0.856. The fourth-order valence-corrected chi connectivity index (χ4v) is 1.16. The van der Waals surface area contributed by atoms with Gasteiger partial charge >= 0.3 is 5.97 Å². The van der Waals surface area contributed by atoms with Crippen LogP contribution in [-0.4, -0.2) is 37.4 Å². The van der Waals surface area contributed by atoms with Gasteiger partial charge in [-0.2, -0.15) is 0 Å². The Morgan fingerprint density at radius 1 is 1.60 bits per heavy atom. The van der Waals surface area contributed by atoms with Crippen LogP contribution in [0.15, 0.2) is 11.6 Å². The Kier molecular flexibility index (Phi) is 7.95. The lowest BCUT2D eigenvalue weighted by atomic mass is 10.2. The lowest BCUT2D eigenvalue weighted by molar-refractivity contribution is -0.136. The van der Waals surface area contributed by atoms with Gasteiger partial charge in [-0.3, -0.25) is 0 Å². The minimum Gasteiger partial charge on any atom is -0.466 e. The molecule has 0 spiro atoms. The Balaban J connectivity index is 3.71. The van der Waals surface area contributed by atoms with Crippen molar-refractivity contribution < 1.29 is 14.6 Å². The van der Waals surface area contributed by atoms with Crippen LogP contribution in [0, 0.1) is 0 Å². The maximum Gasteiger partial charge on any atom is 0.333 e. The zero-order valence-corrected chi connectivity index (χ0v) is 9.75.